The molecule has 538 valence electrons. The quantitative estimate of drug-likeness (QED) is 0.0726. The van der Waals surface area contributed by atoms with Crippen molar-refractivity contribution in [2.75, 3.05) is 321 Å². The van der Waals surface area contributed by atoms with E-state index in [2.05, 4.69) is 293 Å². The Balaban J connectivity index is -0.000000313. The number of likely N-dealkylation sites (N-methyl/N-ethyl adjacent to an activating group) is 6. The molecule has 0 saturated heterocycles. The molecule has 0 fully saturated rings. The van der Waals surface area contributed by atoms with Crippen LogP contribution in [0.15, 0.2) is 48.5 Å². The van der Waals surface area contributed by atoms with E-state index in [1.165, 1.54) is 115 Å². The van der Waals surface area contributed by atoms with Crippen molar-refractivity contribution in [3.8, 4) is 0 Å². The first-order valence-corrected chi connectivity index (χ1v) is 33.9. The Bertz CT molecular complexity index is 1610. The Morgan fingerprint density at radius 3 is 0.811 bits per heavy atom. The lowest BCUT2D eigenvalue weighted by Gasteiger charge is -2.24. The molecule has 0 atom stereocenters. The predicted molar refractivity (Wildman–Crippen MR) is 402 cm³/mol. The van der Waals surface area contributed by atoms with Crippen LogP contribution in [0.4, 0.5) is 0 Å². The van der Waals surface area contributed by atoms with Crippen molar-refractivity contribution in [2.24, 2.45) is 11.5 Å². The molecule has 0 spiro atoms. The highest BCUT2D eigenvalue weighted by Crippen LogP contribution is 2.09. The summed E-state index contributed by atoms with van der Waals surface area (Å²) >= 11 is 0. The minimum absolute atomic E-state index is 0.591. The lowest BCUT2D eigenvalue weighted by molar-refractivity contribution is 0.104. The van der Waals surface area contributed by atoms with Crippen LogP contribution in [0.25, 0.3) is 0 Å². The van der Waals surface area contributed by atoms with Crippen molar-refractivity contribution >= 4 is 0 Å². The molecule has 19 heteroatoms. The second kappa shape index (κ2) is 68.1. The highest BCUT2D eigenvalue weighted by atomic mass is 16.5. The molecule has 90 heavy (non-hydrogen) atoms. The van der Waals surface area contributed by atoms with Crippen LogP contribution in [-0.2, 0) is 30.9 Å². The molecule has 0 aliphatic rings. The molecule has 0 bridgehead atoms. The Labute approximate surface area is 562 Å². The first-order chi connectivity index (χ1) is 42.3. The monoisotopic (exact) mass is 1280 g/mol. The van der Waals surface area contributed by atoms with E-state index in [1.807, 2.05) is 24.3 Å². The molecular weight excluding hydrogens is 1120 g/mol. The molecule has 2 aromatic rings. The van der Waals surface area contributed by atoms with Gasteiger partial charge >= 0.3 is 0 Å². The summed E-state index contributed by atoms with van der Waals surface area (Å²) in [5.41, 5.74) is 15.9. The van der Waals surface area contributed by atoms with E-state index in [0.29, 0.717) is 13.1 Å². The molecule has 0 saturated carbocycles. The number of nitrogens with one attached hydrogen (secondary N) is 1. The Morgan fingerprint density at radius 1 is 0.267 bits per heavy atom. The summed E-state index contributed by atoms with van der Waals surface area (Å²) in [7, 11) is 57.2. The SMILES string of the molecule is CN(C)CCCCCCN(C)C.CN(C)CCCN(C)CCCN(C)C.CN(C)CCCNCCCN(C)C.CN(C)CCN(C)CCN(C)CCN(C)C.CN(C)CCOCCN(C)C.CN(C)Cc1cccc(CN(C)C)c1.NCc1cccc(CN)c1. The van der Waals surface area contributed by atoms with Gasteiger partial charge in [-0.15, -0.1) is 0 Å². The van der Waals surface area contributed by atoms with Crippen molar-refractivity contribution in [1.82, 2.24) is 78.8 Å². The van der Waals surface area contributed by atoms with Crippen molar-refractivity contribution < 1.29 is 4.74 Å². The molecular formula is C71H158N18O. The number of benzene rings is 2. The number of rotatable bonds is 44. The maximum atomic E-state index is 5.43. The fraction of sp³-hybridized carbons (Fsp3) is 0.831. The highest BCUT2D eigenvalue weighted by molar-refractivity contribution is 5.24. The highest BCUT2D eigenvalue weighted by Gasteiger charge is 2.05. The third-order valence-corrected chi connectivity index (χ3v) is 13.7. The summed E-state index contributed by atoms with van der Waals surface area (Å²) in [6.45, 7) is 25.7. The van der Waals surface area contributed by atoms with Gasteiger partial charge in [0.05, 0.1) is 13.2 Å². The first kappa shape index (κ1) is 96.4. The van der Waals surface area contributed by atoms with Gasteiger partial charge in [-0.2, -0.15) is 0 Å². The number of nitrogens with two attached hydrogens (primary N) is 2. The van der Waals surface area contributed by atoms with Crippen LogP contribution in [0.5, 0.6) is 0 Å². The molecule has 5 N–H and O–H groups in total. The molecule has 0 radical (unpaired) electrons. The normalized spacial score (nSPS) is 11.5. The molecule has 0 heterocycles. The van der Waals surface area contributed by atoms with E-state index >= 15 is 0 Å². The van der Waals surface area contributed by atoms with Gasteiger partial charge in [-0.25, -0.2) is 0 Å². The molecule has 0 amide bonds. The molecule has 2 rings (SSSR count). The molecule has 0 aliphatic carbocycles. The van der Waals surface area contributed by atoms with Crippen molar-refractivity contribution in [2.45, 2.75) is 77.5 Å². The van der Waals surface area contributed by atoms with E-state index in [-0.39, 0.29) is 0 Å². The average Bonchev–Trinajstić information content (AvgIpc) is 2.15. The van der Waals surface area contributed by atoms with Gasteiger partial charge in [0.1, 0.15) is 0 Å². The lowest BCUT2D eigenvalue weighted by atomic mass is 10.1. The zero-order chi connectivity index (χ0) is 69.7. The van der Waals surface area contributed by atoms with E-state index in [0.717, 1.165) is 103 Å². The molecule has 0 aromatic heterocycles. The van der Waals surface area contributed by atoms with Gasteiger partial charge in [-0.3, -0.25) is 0 Å². The zero-order valence-corrected chi connectivity index (χ0v) is 65.0. The Kier molecular flexibility index (Phi) is 72.9. The first-order valence-electron chi connectivity index (χ1n) is 33.9. The second-order valence-corrected chi connectivity index (χ2v) is 27.7. The predicted octanol–water partition coefficient (Wildman–Crippen LogP) is 5.48. The third kappa shape index (κ3) is 87.7. The minimum atomic E-state index is 0.591. The lowest BCUT2D eigenvalue weighted by Crippen LogP contribution is -2.37. The van der Waals surface area contributed by atoms with E-state index < -0.39 is 0 Å². The summed E-state index contributed by atoms with van der Waals surface area (Å²) in [4.78, 5) is 33.7. The van der Waals surface area contributed by atoms with Gasteiger partial charge in [0, 0.05) is 78.5 Å². The van der Waals surface area contributed by atoms with Gasteiger partial charge in [0.25, 0.3) is 0 Å². The number of unbranched alkanes of at least 4 members (excludes halogenated alkanes) is 3. The molecule has 0 aliphatic heterocycles. The average molecular weight is 1280 g/mol. The summed E-state index contributed by atoms with van der Waals surface area (Å²) in [5, 5.41) is 3.44. The second-order valence-electron chi connectivity index (χ2n) is 27.7. The van der Waals surface area contributed by atoms with Crippen LogP contribution >= 0.6 is 0 Å². The van der Waals surface area contributed by atoms with Crippen molar-refractivity contribution in [1.29, 1.82) is 0 Å². The standard InChI is InChI=1S/C12H30N4.C12H20N2.C11H27N3.C10H25N3.C10H24N2.C8H20N2O.C8H12N2/c1-13(2)7-9-15(5)11-12-16(6)10-8-14(3)4;1-13(2)9-11-6-5-7-12(8-11)10-14(3)4;1-12(2)8-6-10-14(5)11-7-9-13(3)4;1-12(2)9-5-7-11-8-6-10-13(3)4;1-11(2)9-7-5-6-8-10-12(3)4;1-9(2)5-7-11-8-6-10(3)4;9-5-7-2-1-3-8(4-7)6-10/h7-12H2,1-6H3;5-8H,9-10H2,1-4H3;6-11H2,1-5H3;11H,5-10H2,1-4H3;5-10H2,1-4H3;5-8H2,1-4H3;1-4H,5-6,9-10H2. The van der Waals surface area contributed by atoms with Crippen LogP contribution in [0, 0.1) is 0 Å². The zero-order valence-electron chi connectivity index (χ0n) is 65.0. The van der Waals surface area contributed by atoms with E-state index in [4.69, 9.17) is 16.2 Å². The fourth-order valence-corrected chi connectivity index (χ4v) is 8.14. The number of hydrogen-bond acceptors (Lipinski definition) is 19. The van der Waals surface area contributed by atoms with Crippen LogP contribution in [0.1, 0.15) is 73.6 Å². The third-order valence-electron chi connectivity index (χ3n) is 13.7. The summed E-state index contributed by atoms with van der Waals surface area (Å²) in [6.07, 6.45) is 10.5. The molecule has 2 aromatic carbocycles. The van der Waals surface area contributed by atoms with Gasteiger partial charge < -0.3 is 95.0 Å². The van der Waals surface area contributed by atoms with E-state index in [1.54, 1.807) is 0 Å². The van der Waals surface area contributed by atoms with Crippen LogP contribution in [-0.4, -0.2) is 395 Å². The maximum Gasteiger partial charge on any atom is 0.0593 e. The van der Waals surface area contributed by atoms with Gasteiger partial charge in [0.2, 0.25) is 0 Å². The molecule has 19 nitrogen and oxygen atoms in total. The number of nitrogens with zero attached hydrogens (tertiary/aromatic N) is 15. The minimum Gasteiger partial charge on any atom is -0.379 e. The summed E-state index contributed by atoms with van der Waals surface area (Å²) in [5.74, 6) is 0. The van der Waals surface area contributed by atoms with Gasteiger partial charge in [0.15, 0.2) is 0 Å². The topological polar surface area (TPSA) is 122 Å². The van der Waals surface area contributed by atoms with Crippen molar-refractivity contribution in [3.05, 3.63) is 70.8 Å². The summed E-state index contributed by atoms with van der Waals surface area (Å²) < 4.78 is 5.37. The number of ether oxygens (including phenoxy) is 1. The Hall–Kier alpha value is -2.32. The molecule has 0 unspecified atom stereocenters. The maximum absolute atomic E-state index is 5.43. The summed E-state index contributed by atoms with van der Waals surface area (Å²) in [6, 6.07) is 16.8. The Morgan fingerprint density at radius 2 is 0.522 bits per heavy atom. The van der Waals surface area contributed by atoms with Crippen LogP contribution in [0.3, 0.4) is 0 Å². The number of hydrogen-bond donors (Lipinski definition) is 3. The fourth-order valence-electron chi connectivity index (χ4n) is 8.14. The van der Waals surface area contributed by atoms with Gasteiger partial charge in [-0.1, -0.05) is 61.4 Å². The largest absolute Gasteiger partial charge is 0.379 e. The van der Waals surface area contributed by atoms with Crippen LogP contribution < -0.4 is 16.8 Å². The van der Waals surface area contributed by atoms with Crippen molar-refractivity contribution in [3.63, 3.8) is 0 Å². The van der Waals surface area contributed by atoms with Gasteiger partial charge in [-0.05, 0) is 317 Å². The van der Waals surface area contributed by atoms with E-state index in [9.17, 15) is 0 Å². The van der Waals surface area contributed by atoms with Crippen LogP contribution in [0.2, 0.25) is 0 Å². The smallest absolute Gasteiger partial charge is 0.0593 e.